The fraction of sp³-hybridized carbons (Fsp3) is 0.500. The van der Waals surface area contributed by atoms with Gasteiger partial charge in [-0.1, -0.05) is 63.3 Å². The zero-order valence-corrected chi connectivity index (χ0v) is 20.5. The maximum atomic E-state index is 6.60. The third kappa shape index (κ3) is 7.45. The first kappa shape index (κ1) is 30.5. The van der Waals surface area contributed by atoms with E-state index in [1.165, 1.54) is 39.3 Å². The molecule has 1 atom stereocenters. The van der Waals surface area contributed by atoms with Crippen LogP contribution >= 0.6 is 24.8 Å². The molecule has 0 heterocycles. The van der Waals surface area contributed by atoms with Gasteiger partial charge in [-0.25, -0.2) is 0 Å². The molecule has 1 N–H and O–H groups in total. The molecule has 1 aliphatic rings. The summed E-state index contributed by atoms with van der Waals surface area (Å²) in [7, 11) is 0. The summed E-state index contributed by atoms with van der Waals surface area (Å²) in [6.07, 6.45) is 2.21. The number of halogens is 2. The van der Waals surface area contributed by atoms with Crippen LogP contribution in [-0.2, 0) is 21.7 Å². The van der Waals surface area contributed by atoms with E-state index in [4.69, 9.17) is 5.73 Å². The van der Waals surface area contributed by atoms with Crippen molar-refractivity contribution >= 4 is 30.4 Å². The minimum atomic E-state index is 0. The third-order valence-corrected chi connectivity index (χ3v) is 4.93. The van der Waals surface area contributed by atoms with Crippen LogP contribution in [0, 0.1) is 11.8 Å². The van der Waals surface area contributed by atoms with E-state index < -0.39 is 0 Å². The maximum Gasteiger partial charge on any atom is 2.00 e. The van der Waals surface area contributed by atoms with E-state index in [0.717, 1.165) is 12.8 Å². The summed E-state index contributed by atoms with van der Waals surface area (Å²) in [5, 5.41) is 0. The van der Waals surface area contributed by atoms with Crippen LogP contribution in [0.15, 0.2) is 41.0 Å². The molecule has 1 aromatic carbocycles. The van der Waals surface area contributed by atoms with Crippen LogP contribution in [0.25, 0.3) is 11.3 Å². The molecule has 0 aromatic heterocycles. The molecule has 0 radical (unpaired) electrons. The van der Waals surface area contributed by atoms with Gasteiger partial charge in [0.2, 0.25) is 0 Å². The molecule has 146 valence electrons. The molecule has 0 bridgehead atoms. The SMILES string of the molecule is CC1=C(C)C(C)C(c2ccccc2[C-](C)C)=C1C.CCCC[NH-].Cl.Cl.[Ti+2]. The second kappa shape index (κ2) is 14.8. The van der Waals surface area contributed by atoms with Crippen molar-refractivity contribution in [3.8, 4) is 0 Å². The first-order valence-corrected chi connectivity index (χ1v) is 8.79. The van der Waals surface area contributed by atoms with Crippen molar-refractivity contribution in [3.63, 3.8) is 0 Å². The molecule has 0 amide bonds. The van der Waals surface area contributed by atoms with Gasteiger partial charge in [0.1, 0.15) is 0 Å². The van der Waals surface area contributed by atoms with Gasteiger partial charge in [0, 0.05) is 0 Å². The summed E-state index contributed by atoms with van der Waals surface area (Å²) in [6, 6.07) is 8.79. The van der Waals surface area contributed by atoms with Gasteiger partial charge in [-0.15, -0.1) is 42.5 Å². The quantitative estimate of drug-likeness (QED) is 0.339. The molecule has 4 heteroatoms. The molecule has 2 rings (SSSR count). The number of benzene rings is 1. The van der Waals surface area contributed by atoms with Gasteiger partial charge in [-0.3, -0.25) is 0 Å². The molecule has 1 aliphatic carbocycles. The summed E-state index contributed by atoms with van der Waals surface area (Å²) in [6.45, 7) is 16.2. The van der Waals surface area contributed by atoms with E-state index in [0.29, 0.717) is 12.5 Å². The van der Waals surface area contributed by atoms with Gasteiger partial charge in [-0.05, 0) is 32.3 Å². The molecule has 0 saturated carbocycles. The van der Waals surface area contributed by atoms with E-state index in [1.807, 2.05) is 0 Å². The van der Waals surface area contributed by atoms with Crippen LogP contribution in [0.1, 0.15) is 72.4 Å². The molecule has 1 nitrogen and oxygen atoms in total. The zero-order valence-electron chi connectivity index (χ0n) is 17.3. The van der Waals surface area contributed by atoms with Crippen LogP contribution < -0.4 is 0 Å². The number of rotatable bonds is 4. The summed E-state index contributed by atoms with van der Waals surface area (Å²) < 4.78 is 0. The molecular formula is C22H35Cl2NTi. The Kier molecular flexibility index (Phi) is 17.4. The average Bonchev–Trinajstić information content (AvgIpc) is 2.72. The Bertz CT molecular complexity index is 590. The zero-order chi connectivity index (χ0) is 17.6. The van der Waals surface area contributed by atoms with E-state index in [9.17, 15) is 0 Å². The Balaban J connectivity index is -0.000000590. The molecule has 0 spiro atoms. The Hall–Kier alpha value is -0.176. The largest absolute Gasteiger partial charge is 2.00 e. The normalized spacial score (nSPS) is 15.3. The molecule has 0 fully saturated rings. The molecule has 26 heavy (non-hydrogen) atoms. The van der Waals surface area contributed by atoms with E-state index >= 15 is 0 Å². The third-order valence-electron chi connectivity index (χ3n) is 4.93. The summed E-state index contributed by atoms with van der Waals surface area (Å²) in [4.78, 5) is 0. The van der Waals surface area contributed by atoms with Crippen molar-refractivity contribution in [1.82, 2.24) is 0 Å². The fourth-order valence-corrected chi connectivity index (χ4v) is 3.13. The van der Waals surface area contributed by atoms with Gasteiger partial charge in [0.15, 0.2) is 0 Å². The first-order valence-electron chi connectivity index (χ1n) is 8.79. The van der Waals surface area contributed by atoms with Gasteiger partial charge in [0.25, 0.3) is 0 Å². The van der Waals surface area contributed by atoms with Crippen molar-refractivity contribution in [1.29, 1.82) is 0 Å². The Morgan fingerprint density at radius 2 is 1.54 bits per heavy atom. The van der Waals surface area contributed by atoms with Crippen molar-refractivity contribution in [3.05, 3.63) is 63.8 Å². The molecule has 0 aliphatic heterocycles. The minimum Gasteiger partial charge on any atom is -0.677 e. The average molecular weight is 432 g/mol. The van der Waals surface area contributed by atoms with Crippen LogP contribution in [0.4, 0.5) is 0 Å². The molecule has 1 unspecified atom stereocenters. The number of unbranched alkanes of at least 4 members (excludes halogenated alkanes) is 1. The second-order valence-corrected chi connectivity index (χ2v) is 6.72. The molecule has 1 aromatic rings. The maximum absolute atomic E-state index is 6.60. The standard InChI is InChI=1S/C18H23.C4H10N.2ClH.Ti/c1-11(2)16-9-7-8-10-17(16)18-14(5)12(3)13(4)15(18)6;1-2-3-4-5;;;/h7-10,14H,1-6H3;5H,2-4H2,1H3;2*1H;/q2*-1;;;+2. The van der Waals surface area contributed by atoms with Crippen molar-refractivity contribution in [2.75, 3.05) is 6.54 Å². The Morgan fingerprint density at radius 3 is 1.88 bits per heavy atom. The number of hydrogen-bond donors (Lipinski definition) is 0. The first-order chi connectivity index (χ1) is 10.9. The van der Waals surface area contributed by atoms with Gasteiger partial charge in [-0.2, -0.15) is 24.1 Å². The van der Waals surface area contributed by atoms with Crippen molar-refractivity contribution in [2.45, 2.75) is 61.3 Å². The van der Waals surface area contributed by atoms with Crippen molar-refractivity contribution < 1.29 is 21.7 Å². The van der Waals surface area contributed by atoms with Crippen molar-refractivity contribution in [2.24, 2.45) is 5.92 Å². The van der Waals surface area contributed by atoms with Gasteiger partial charge >= 0.3 is 21.7 Å². The predicted octanol–water partition coefficient (Wildman–Crippen LogP) is 8.09. The summed E-state index contributed by atoms with van der Waals surface area (Å²) >= 11 is 0. The Morgan fingerprint density at radius 1 is 1.00 bits per heavy atom. The van der Waals surface area contributed by atoms with E-state index in [1.54, 1.807) is 0 Å². The summed E-state index contributed by atoms with van der Waals surface area (Å²) in [5.41, 5.74) is 15.4. The van der Waals surface area contributed by atoms with Gasteiger partial charge in [0.05, 0.1) is 0 Å². The van der Waals surface area contributed by atoms with Crippen LogP contribution in [0.5, 0.6) is 0 Å². The fourth-order valence-electron chi connectivity index (χ4n) is 3.13. The second-order valence-electron chi connectivity index (χ2n) is 6.72. The van der Waals surface area contributed by atoms with Crippen LogP contribution in [-0.4, -0.2) is 6.54 Å². The minimum absolute atomic E-state index is 0. The summed E-state index contributed by atoms with van der Waals surface area (Å²) in [5.74, 6) is 1.94. The predicted molar refractivity (Wildman–Crippen MR) is 119 cm³/mol. The van der Waals surface area contributed by atoms with E-state index in [2.05, 4.69) is 72.7 Å². The Labute approximate surface area is 189 Å². The van der Waals surface area contributed by atoms with E-state index in [-0.39, 0.29) is 46.5 Å². The molecule has 0 saturated heterocycles. The number of hydrogen-bond acceptors (Lipinski definition) is 0. The molecular weight excluding hydrogens is 397 g/mol. The van der Waals surface area contributed by atoms with Crippen LogP contribution in [0.2, 0.25) is 0 Å². The number of allylic oxidation sites excluding steroid dienone is 4. The number of nitrogens with one attached hydrogen (secondary N) is 1. The monoisotopic (exact) mass is 431 g/mol. The topological polar surface area (TPSA) is 23.8 Å². The van der Waals surface area contributed by atoms with Gasteiger partial charge < -0.3 is 5.73 Å². The smallest absolute Gasteiger partial charge is 0.677 e. The van der Waals surface area contributed by atoms with Crippen LogP contribution in [0.3, 0.4) is 0 Å².